The monoisotopic (exact) mass is 394 g/mol. The Labute approximate surface area is 145 Å². The third kappa shape index (κ3) is 3.64. The minimum Gasteiger partial charge on any atom is -0.314 e. The van der Waals surface area contributed by atoms with Crippen LogP contribution in [0.2, 0.25) is 0 Å². The van der Waals surface area contributed by atoms with Crippen molar-refractivity contribution in [1.82, 2.24) is 10.2 Å². The molecule has 0 radical (unpaired) electrons. The van der Waals surface area contributed by atoms with Gasteiger partial charge in [0.15, 0.2) is 0 Å². The fourth-order valence-corrected chi connectivity index (χ4v) is 4.11. The molecule has 3 rings (SSSR count). The molecule has 1 aromatic carbocycles. The predicted octanol–water partition coefficient (Wildman–Crippen LogP) is 4.29. The molecule has 0 bridgehead atoms. The minimum atomic E-state index is -0.426. The highest BCUT2D eigenvalue weighted by Gasteiger charge is 2.35. The molecule has 1 aliphatic heterocycles. The van der Waals surface area contributed by atoms with Crippen LogP contribution in [0, 0.1) is 17.6 Å². The number of nitrogens with zero attached hydrogens (tertiary/aromatic N) is 1. The molecule has 1 heterocycles. The number of hydrogen-bond acceptors (Lipinski definition) is 2. The topological polar surface area (TPSA) is 15.3 Å². The zero-order chi connectivity index (χ0) is 14.8. The van der Waals surface area contributed by atoms with Crippen LogP contribution in [0.15, 0.2) is 16.6 Å². The normalized spacial score (nSPS) is 21.6. The SMILES string of the molecule is Cl.Fc1ccc(Br)c(F)c1[C@H](C1CCCC1)N1CCNCC1. The molecule has 0 spiro atoms. The van der Waals surface area contributed by atoms with E-state index >= 15 is 0 Å². The zero-order valence-electron chi connectivity index (χ0n) is 12.5. The Morgan fingerprint density at radius 2 is 1.77 bits per heavy atom. The van der Waals surface area contributed by atoms with Crippen molar-refractivity contribution >= 4 is 28.3 Å². The molecule has 0 aromatic heterocycles. The Hall–Kier alpha value is -0.230. The van der Waals surface area contributed by atoms with Crippen molar-refractivity contribution in [2.75, 3.05) is 26.2 Å². The molecule has 0 amide bonds. The highest BCUT2D eigenvalue weighted by Crippen LogP contribution is 2.42. The second kappa shape index (κ2) is 8.04. The molecular weight excluding hydrogens is 374 g/mol. The van der Waals surface area contributed by atoms with Gasteiger partial charge in [0.2, 0.25) is 0 Å². The van der Waals surface area contributed by atoms with Crippen molar-refractivity contribution < 1.29 is 8.78 Å². The van der Waals surface area contributed by atoms with E-state index in [1.54, 1.807) is 0 Å². The van der Waals surface area contributed by atoms with Crippen molar-refractivity contribution in [2.24, 2.45) is 5.92 Å². The Balaban J connectivity index is 0.00000176. The lowest BCUT2D eigenvalue weighted by Crippen LogP contribution is -2.47. The van der Waals surface area contributed by atoms with Crippen LogP contribution in [0.1, 0.15) is 37.3 Å². The summed E-state index contributed by atoms with van der Waals surface area (Å²) >= 11 is 3.21. The summed E-state index contributed by atoms with van der Waals surface area (Å²) in [6.45, 7) is 3.49. The van der Waals surface area contributed by atoms with E-state index in [2.05, 4.69) is 26.1 Å². The third-order valence-electron chi connectivity index (χ3n) is 4.77. The van der Waals surface area contributed by atoms with Crippen LogP contribution in [0.5, 0.6) is 0 Å². The van der Waals surface area contributed by atoms with Crippen LogP contribution >= 0.6 is 28.3 Å². The van der Waals surface area contributed by atoms with Crippen molar-refractivity contribution in [1.29, 1.82) is 0 Å². The van der Waals surface area contributed by atoms with Gasteiger partial charge in [0.05, 0.1) is 4.47 Å². The second-order valence-electron chi connectivity index (χ2n) is 6.03. The highest BCUT2D eigenvalue weighted by molar-refractivity contribution is 9.10. The highest BCUT2D eigenvalue weighted by atomic mass is 79.9. The quantitative estimate of drug-likeness (QED) is 0.768. The molecule has 1 saturated carbocycles. The van der Waals surface area contributed by atoms with E-state index in [1.807, 2.05) is 0 Å². The van der Waals surface area contributed by atoms with Crippen LogP contribution < -0.4 is 5.32 Å². The van der Waals surface area contributed by atoms with Gasteiger partial charge in [-0.3, -0.25) is 4.90 Å². The Bertz CT molecular complexity index is 503. The second-order valence-corrected chi connectivity index (χ2v) is 6.89. The molecule has 2 nitrogen and oxygen atoms in total. The average molecular weight is 396 g/mol. The molecular formula is C16H22BrClF2N2. The number of halogens is 4. The molecule has 1 aliphatic carbocycles. The van der Waals surface area contributed by atoms with Gasteiger partial charge in [-0.1, -0.05) is 12.8 Å². The third-order valence-corrected chi connectivity index (χ3v) is 5.38. The minimum absolute atomic E-state index is 0. The van der Waals surface area contributed by atoms with Crippen molar-refractivity contribution in [3.05, 3.63) is 33.8 Å². The molecule has 1 N–H and O–H groups in total. The number of benzene rings is 1. The van der Waals surface area contributed by atoms with E-state index in [0.29, 0.717) is 10.4 Å². The van der Waals surface area contributed by atoms with Crippen LogP contribution in [0.3, 0.4) is 0 Å². The largest absolute Gasteiger partial charge is 0.314 e. The molecule has 6 heteroatoms. The lowest BCUT2D eigenvalue weighted by molar-refractivity contribution is 0.119. The van der Waals surface area contributed by atoms with Crippen LogP contribution in [0.25, 0.3) is 0 Å². The molecule has 1 aromatic rings. The van der Waals surface area contributed by atoms with Gasteiger partial charge in [-0.25, -0.2) is 8.78 Å². The lowest BCUT2D eigenvalue weighted by atomic mass is 9.89. The Morgan fingerprint density at radius 3 is 2.41 bits per heavy atom. The summed E-state index contributed by atoms with van der Waals surface area (Å²) in [4.78, 5) is 2.26. The molecule has 2 fully saturated rings. The first-order valence-electron chi connectivity index (χ1n) is 7.76. The van der Waals surface area contributed by atoms with Crippen LogP contribution in [0.4, 0.5) is 8.78 Å². The molecule has 1 saturated heterocycles. The summed E-state index contributed by atoms with van der Waals surface area (Å²) in [6.07, 6.45) is 4.48. The maximum atomic E-state index is 14.6. The smallest absolute Gasteiger partial charge is 0.145 e. The average Bonchev–Trinajstić information content (AvgIpc) is 3.02. The van der Waals surface area contributed by atoms with Gasteiger partial charge >= 0.3 is 0 Å². The van der Waals surface area contributed by atoms with Crippen LogP contribution in [-0.2, 0) is 0 Å². The van der Waals surface area contributed by atoms with E-state index < -0.39 is 11.6 Å². The molecule has 22 heavy (non-hydrogen) atoms. The van der Waals surface area contributed by atoms with E-state index in [0.717, 1.165) is 39.0 Å². The van der Waals surface area contributed by atoms with Gasteiger partial charge in [-0.15, -0.1) is 12.4 Å². The van der Waals surface area contributed by atoms with Crippen molar-refractivity contribution in [3.63, 3.8) is 0 Å². The summed E-state index contributed by atoms with van der Waals surface area (Å²) in [5, 5.41) is 3.31. The molecule has 1 atom stereocenters. The van der Waals surface area contributed by atoms with E-state index in [9.17, 15) is 8.78 Å². The van der Waals surface area contributed by atoms with Gasteiger partial charge in [-0.05, 0) is 46.8 Å². The van der Waals surface area contributed by atoms with Crippen molar-refractivity contribution in [2.45, 2.75) is 31.7 Å². The van der Waals surface area contributed by atoms with Gasteiger partial charge in [-0.2, -0.15) is 0 Å². The van der Waals surface area contributed by atoms with E-state index in [1.165, 1.54) is 25.0 Å². The van der Waals surface area contributed by atoms with Crippen molar-refractivity contribution in [3.8, 4) is 0 Å². The Morgan fingerprint density at radius 1 is 1.14 bits per heavy atom. The summed E-state index contributed by atoms with van der Waals surface area (Å²) in [7, 11) is 0. The Kier molecular flexibility index (Phi) is 6.62. The molecule has 2 aliphatic rings. The first-order chi connectivity index (χ1) is 10.2. The first kappa shape index (κ1) is 18.1. The van der Waals surface area contributed by atoms with Gasteiger partial charge < -0.3 is 5.32 Å². The van der Waals surface area contributed by atoms with Gasteiger partial charge in [0.25, 0.3) is 0 Å². The zero-order valence-corrected chi connectivity index (χ0v) is 14.9. The number of rotatable bonds is 3. The fraction of sp³-hybridized carbons (Fsp3) is 0.625. The maximum Gasteiger partial charge on any atom is 0.145 e. The summed E-state index contributed by atoms with van der Waals surface area (Å²) in [6, 6.07) is 2.71. The van der Waals surface area contributed by atoms with E-state index in [4.69, 9.17) is 0 Å². The summed E-state index contributed by atoms with van der Waals surface area (Å²) < 4.78 is 29.3. The van der Waals surface area contributed by atoms with Gasteiger partial charge in [0, 0.05) is 37.8 Å². The lowest BCUT2D eigenvalue weighted by Gasteiger charge is -2.39. The standard InChI is InChI=1S/C16H21BrF2N2.ClH/c17-12-5-6-13(18)14(15(12)19)16(11-3-1-2-4-11)21-9-7-20-8-10-21;/h5-6,11,16,20H,1-4,7-10H2;1H/t16-;/m0./s1. The molecule has 124 valence electrons. The van der Waals surface area contributed by atoms with E-state index in [-0.39, 0.29) is 24.0 Å². The molecule has 0 unspecified atom stereocenters. The summed E-state index contributed by atoms with van der Waals surface area (Å²) in [5.41, 5.74) is 0.262. The number of hydrogen-bond donors (Lipinski definition) is 1. The first-order valence-corrected chi connectivity index (χ1v) is 8.56. The number of piperazine rings is 1. The number of nitrogens with one attached hydrogen (secondary N) is 1. The maximum absolute atomic E-state index is 14.6. The summed E-state index contributed by atoms with van der Waals surface area (Å²) in [5.74, 6) is -0.474. The fourth-order valence-electron chi connectivity index (χ4n) is 3.76. The van der Waals surface area contributed by atoms with Gasteiger partial charge in [0.1, 0.15) is 11.6 Å². The predicted molar refractivity (Wildman–Crippen MR) is 90.4 cm³/mol. The van der Waals surface area contributed by atoms with Crippen LogP contribution in [-0.4, -0.2) is 31.1 Å².